The summed E-state index contributed by atoms with van der Waals surface area (Å²) in [4.78, 5) is 17.2. The zero-order chi connectivity index (χ0) is 12.3. The van der Waals surface area contributed by atoms with Gasteiger partial charge in [0.05, 0.1) is 5.69 Å². The summed E-state index contributed by atoms with van der Waals surface area (Å²) >= 11 is 1.56. The molecule has 0 atom stereocenters. The van der Waals surface area contributed by atoms with Crippen LogP contribution < -0.4 is 5.32 Å². The largest absolute Gasteiger partial charge is 0.302 e. The lowest BCUT2D eigenvalue weighted by Crippen LogP contribution is -2.12. The van der Waals surface area contributed by atoms with E-state index in [-0.39, 0.29) is 5.91 Å². The molecule has 17 heavy (non-hydrogen) atoms. The van der Waals surface area contributed by atoms with Gasteiger partial charge in [-0.15, -0.1) is 11.3 Å². The lowest BCUT2D eigenvalue weighted by molar-refractivity contribution is -0.116. The molecule has 0 saturated heterocycles. The maximum atomic E-state index is 11.7. The number of carbonyl (C=O) groups is 1. The monoisotopic (exact) mass is 252 g/mol. The second-order valence-electron chi connectivity index (χ2n) is 4.90. The van der Waals surface area contributed by atoms with Gasteiger partial charge < -0.3 is 5.32 Å². The van der Waals surface area contributed by atoms with Gasteiger partial charge in [-0.3, -0.25) is 4.79 Å². The van der Waals surface area contributed by atoms with E-state index in [1.165, 1.54) is 30.6 Å². The van der Waals surface area contributed by atoms with E-state index in [0.717, 1.165) is 23.2 Å². The molecule has 1 N–H and O–H groups in total. The fourth-order valence-electron chi connectivity index (χ4n) is 2.34. The van der Waals surface area contributed by atoms with Gasteiger partial charge in [0.15, 0.2) is 5.13 Å². The van der Waals surface area contributed by atoms with Crippen LogP contribution in [0.2, 0.25) is 0 Å². The zero-order valence-electron chi connectivity index (χ0n) is 10.6. The molecule has 1 aromatic heterocycles. The molecule has 4 heteroatoms. The van der Waals surface area contributed by atoms with Crippen LogP contribution in [0.15, 0.2) is 0 Å². The molecule has 0 bridgehead atoms. The van der Waals surface area contributed by atoms with E-state index in [2.05, 4.69) is 10.3 Å². The quantitative estimate of drug-likeness (QED) is 0.888. The van der Waals surface area contributed by atoms with Crippen molar-refractivity contribution >= 4 is 22.4 Å². The van der Waals surface area contributed by atoms with Crippen LogP contribution in [0.3, 0.4) is 0 Å². The molecule has 94 valence electrons. The lowest BCUT2D eigenvalue weighted by atomic mass is 10.0. The number of anilines is 1. The molecular weight excluding hydrogens is 232 g/mol. The third-order valence-electron chi connectivity index (χ3n) is 3.53. The van der Waals surface area contributed by atoms with E-state index in [9.17, 15) is 4.79 Å². The van der Waals surface area contributed by atoms with Crippen LogP contribution in [-0.2, 0) is 4.79 Å². The van der Waals surface area contributed by atoms with E-state index in [0.29, 0.717) is 6.42 Å². The van der Waals surface area contributed by atoms with Crippen molar-refractivity contribution in [3.05, 3.63) is 10.6 Å². The van der Waals surface area contributed by atoms with Gasteiger partial charge in [0, 0.05) is 11.3 Å². The number of aromatic nitrogens is 1. The van der Waals surface area contributed by atoms with Gasteiger partial charge in [0.25, 0.3) is 0 Å². The highest BCUT2D eigenvalue weighted by Gasteiger charge is 2.16. The molecule has 1 aliphatic rings. The van der Waals surface area contributed by atoms with Gasteiger partial charge in [-0.05, 0) is 26.2 Å². The number of carbonyl (C=O) groups excluding carboxylic acids is 1. The molecule has 1 aromatic rings. The van der Waals surface area contributed by atoms with Crippen molar-refractivity contribution in [1.82, 2.24) is 4.98 Å². The summed E-state index contributed by atoms with van der Waals surface area (Å²) in [5.41, 5.74) is 1.01. The van der Waals surface area contributed by atoms with Crippen molar-refractivity contribution in [2.45, 2.75) is 52.4 Å². The standard InChI is InChI=1S/C13H20N2OS/c1-9-10(2)17-13(14-9)15-12(16)8-7-11-5-3-4-6-11/h11H,3-8H2,1-2H3,(H,14,15,16). The molecule has 0 aromatic carbocycles. The summed E-state index contributed by atoms with van der Waals surface area (Å²) in [5.74, 6) is 0.895. The summed E-state index contributed by atoms with van der Waals surface area (Å²) in [6, 6.07) is 0. The number of rotatable bonds is 4. The van der Waals surface area contributed by atoms with Gasteiger partial charge in [-0.2, -0.15) is 0 Å². The van der Waals surface area contributed by atoms with Crippen molar-refractivity contribution in [3.8, 4) is 0 Å². The second-order valence-corrected chi connectivity index (χ2v) is 6.10. The van der Waals surface area contributed by atoms with Crippen molar-refractivity contribution in [1.29, 1.82) is 0 Å². The average molecular weight is 252 g/mol. The van der Waals surface area contributed by atoms with Crippen molar-refractivity contribution < 1.29 is 4.79 Å². The molecule has 0 spiro atoms. The van der Waals surface area contributed by atoms with Crippen molar-refractivity contribution in [3.63, 3.8) is 0 Å². The summed E-state index contributed by atoms with van der Waals surface area (Å²) in [5, 5.41) is 3.64. The third kappa shape index (κ3) is 3.53. The Bertz CT molecular complexity index is 375. The number of hydrogen-bond acceptors (Lipinski definition) is 3. The molecule has 1 heterocycles. The van der Waals surface area contributed by atoms with Gasteiger partial charge in [0.1, 0.15) is 0 Å². The SMILES string of the molecule is Cc1nc(NC(=O)CCC2CCCC2)sc1C. The van der Waals surface area contributed by atoms with Crippen LogP contribution in [0.1, 0.15) is 49.1 Å². The molecule has 0 aliphatic heterocycles. The van der Waals surface area contributed by atoms with E-state index in [1.807, 2.05) is 13.8 Å². The smallest absolute Gasteiger partial charge is 0.226 e. The first-order chi connectivity index (χ1) is 8.15. The third-order valence-corrected chi connectivity index (χ3v) is 4.52. The van der Waals surface area contributed by atoms with E-state index >= 15 is 0 Å². The van der Waals surface area contributed by atoms with Gasteiger partial charge in [-0.25, -0.2) is 4.98 Å². The topological polar surface area (TPSA) is 42.0 Å². The number of aryl methyl sites for hydroxylation is 2. The minimum Gasteiger partial charge on any atom is -0.302 e. The van der Waals surface area contributed by atoms with Crippen molar-refractivity contribution in [2.24, 2.45) is 5.92 Å². The Morgan fingerprint density at radius 3 is 2.71 bits per heavy atom. The van der Waals surface area contributed by atoms with Crippen LogP contribution in [0.25, 0.3) is 0 Å². The first kappa shape index (κ1) is 12.6. The van der Waals surface area contributed by atoms with Crippen LogP contribution in [0.4, 0.5) is 5.13 Å². The van der Waals surface area contributed by atoms with Gasteiger partial charge in [0.2, 0.25) is 5.91 Å². The first-order valence-electron chi connectivity index (χ1n) is 6.39. The Balaban J connectivity index is 1.76. The highest BCUT2D eigenvalue weighted by atomic mass is 32.1. The van der Waals surface area contributed by atoms with E-state index in [4.69, 9.17) is 0 Å². The predicted octanol–water partition coefficient (Wildman–Crippen LogP) is 3.67. The van der Waals surface area contributed by atoms with Crippen LogP contribution >= 0.6 is 11.3 Å². The zero-order valence-corrected chi connectivity index (χ0v) is 11.4. The number of amides is 1. The summed E-state index contributed by atoms with van der Waals surface area (Å²) in [7, 11) is 0. The fourth-order valence-corrected chi connectivity index (χ4v) is 3.17. The number of hydrogen-bond donors (Lipinski definition) is 1. The maximum absolute atomic E-state index is 11.7. The summed E-state index contributed by atoms with van der Waals surface area (Å²) < 4.78 is 0. The lowest BCUT2D eigenvalue weighted by Gasteiger charge is -2.07. The first-order valence-corrected chi connectivity index (χ1v) is 7.20. The highest BCUT2D eigenvalue weighted by Crippen LogP contribution is 2.28. The minimum atomic E-state index is 0.116. The Labute approximate surface area is 107 Å². The molecule has 0 radical (unpaired) electrons. The Morgan fingerprint density at radius 2 is 2.12 bits per heavy atom. The van der Waals surface area contributed by atoms with Crippen LogP contribution in [0, 0.1) is 19.8 Å². The Kier molecular flexibility index (Phi) is 4.15. The molecule has 1 aliphatic carbocycles. The van der Waals surface area contributed by atoms with Crippen LogP contribution in [-0.4, -0.2) is 10.9 Å². The van der Waals surface area contributed by atoms with Gasteiger partial charge in [-0.1, -0.05) is 25.7 Å². The Hall–Kier alpha value is -0.900. The highest BCUT2D eigenvalue weighted by molar-refractivity contribution is 7.15. The normalized spacial score (nSPS) is 16.4. The Morgan fingerprint density at radius 1 is 1.41 bits per heavy atom. The molecule has 1 amide bonds. The molecule has 2 rings (SSSR count). The number of nitrogens with zero attached hydrogens (tertiary/aromatic N) is 1. The van der Waals surface area contributed by atoms with Crippen molar-refractivity contribution in [2.75, 3.05) is 5.32 Å². The van der Waals surface area contributed by atoms with E-state index in [1.54, 1.807) is 11.3 Å². The summed E-state index contributed by atoms with van der Waals surface area (Å²) in [6.45, 7) is 4.00. The number of nitrogens with one attached hydrogen (secondary N) is 1. The second kappa shape index (κ2) is 5.63. The molecule has 3 nitrogen and oxygen atoms in total. The summed E-state index contributed by atoms with van der Waals surface area (Å²) in [6.07, 6.45) is 6.98. The molecular formula is C13H20N2OS. The number of thiazole rings is 1. The minimum absolute atomic E-state index is 0.116. The molecule has 1 fully saturated rings. The molecule has 1 saturated carbocycles. The molecule has 0 unspecified atom stereocenters. The predicted molar refractivity (Wildman–Crippen MR) is 71.4 cm³/mol. The van der Waals surface area contributed by atoms with E-state index < -0.39 is 0 Å². The average Bonchev–Trinajstić information content (AvgIpc) is 2.87. The van der Waals surface area contributed by atoms with Crippen LogP contribution in [0.5, 0.6) is 0 Å². The van der Waals surface area contributed by atoms with Gasteiger partial charge >= 0.3 is 0 Å². The maximum Gasteiger partial charge on any atom is 0.226 e. The fraction of sp³-hybridized carbons (Fsp3) is 0.692.